The second-order valence-corrected chi connectivity index (χ2v) is 6.17. The topological polar surface area (TPSA) is 87.7 Å². The van der Waals surface area contributed by atoms with Crippen molar-refractivity contribution in [3.05, 3.63) is 53.9 Å². The van der Waals surface area contributed by atoms with Crippen molar-refractivity contribution in [2.24, 2.45) is 0 Å². The summed E-state index contributed by atoms with van der Waals surface area (Å²) in [5.41, 5.74) is 2.05. The van der Waals surface area contributed by atoms with Crippen molar-refractivity contribution in [3.63, 3.8) is 0 Å². The van der Waals surface area contributed by atoms with Gasteiger partial charge in [-0.15, -0.1) is 0 Å². The molecule has 1 aliphatic heterocycles. The number of aliphatic hydroxyl groups is 1. The molecule has 0 spiro atoms. The van der Waals surface area contributed by atoms with E-state index < -0.39 is 0 Å². The summed E-state index contributed by atoms with van der Waals surface area (Å²) < 4.78 is 11.2. The predicted octanol–water partition coefficient (Wildman–Crippen LogP) is 1.97. The maximum absolute atomic E-state index is 12.6. The van der Waals surface area contributed by atoms with Crippen molar-refractivity contribution in [2.45, 2.75) is 12.7 Å². The van der Waals surface area contributed by atoms with Crippen LogP contribution in [0, 0.1) is 0 Å². The number of nitrogens with zero attached hydrogens (tertiary/aromatic N) is 2. The van der Waals surface area contributed by atoms with E-state index >= 15 is 0 Å². The molecule has 2 N–H and O–H groups in total. The van der Waals surface area contributed by atoms with Crippen LogP contribution in [0.15, 0.2) is 42.5 Å². The van der Waals surface area contributed by atoms with Crippen LogP contribution in [0.3, 0.4) is 0 Å². The lowest BCUT2D eigenvalue weighted by atomic mass is 10.1. The van der Waals surface area contributed by atoms with Crippen LogP contribution in [0.25, 0.3) is 11.0 Å². The van der Waals surface area contributed by atoms with Gasteiger partial charge in [0.05, 0.1) is 31.2 Å². The molecule has 7 nitrogen and oxygen atoms in total. The molecule has 1 amide bonds. The van der Waals surface area contributed by atoms with Gasteiger partial charge in [-0.1, -0.05) is 12.1 Å². The fourth-order valence-electron chi connectivity index (χ4n) is 3.03. The third-order valence-corrected chi connectivity index (χ3v) is 4.43. The van der Waals surface area contributed by atoms with Crippen LogP contribution in [0.4, 0.5) is 0 Å². The molecule has 1 aliphatic rings. The Bertz CT molecular complexity index is 947. The van der Waals surface area contributed by atoms with Crippen LogP contribution in [-0.4, -0.2) is 52.2 Å². The van der Waals surface area contributed by atoms with Gasteiger partial charge in [-0.25, -0.2) is 4.98 Å². The molecular weight excluding hydrogens is 334 g/mol. The third kappa shape index (κ3) is 2.97. The first-order chi connectivity index (χ1) is 12.7. The number of imidazole rings is 1. The van der Waals surface area contributed by atoms with Crippen molar-refractivity contribution in [3.8, 4) is 11.5 Å². The van der Waals surface area contributed by atoms with E-state index in [0.717, 1.165) is 11.0 Å². The lowest BCUT2D eigenvalue weighted by Crippen LogP contribution is -2.56. The monoisotopic (exact) mass is 353 g/mol. The van der Waals surface area contributed by atoms with Crippen molar-refractivity contribution < 1.29 is 19.4 Å². The molecule has 1 fully saturated rings. The molecule has 0 unspecified atom stereocenters. The van der Waals surface area contributed by atoms with Gasteiger partial charge in [0.15, 0.2) is 11.5 Å². The van der Waals surface area contributed by atoms with Crippen LogP contribution < -0.4 is 9.47 Å². The first-order valence-corrected chi connectivity index (χ1v) is 8.36. The Morgan fingerprint density at radius 1 is 1.27 bits per heavy atom. The Hall–Kier alpha value is -3.06. The summed E-state index contributed by atoms with van der Waals surface area (Å²) in [5, 5.41) is 9.15. The second-order valence-electron chi connectivity index (χ2n) is 6.17. The highest BCUT2D eigenvalue weighted by Gasteiger charge is 2.33. The fraction of sp³-hybridized carbons (Fsp3) is 0.263. The maximum Gasteiger partial charge on any atom is 0.254 e. The van der Waals surface area contributed by atoms with Crippen molar-refractivity contribution in [2.75, 3.05) is 20.2 Å². The van der Waals surface area contributed by atoms with E-state index in [1.807, 2.05) is 24.3 Å². The fourth-order valence-corrected chi connectivity index (χ4v) is 3.03. The molecule has 4 rings (SSSR count). The Kier molecular flexibility index (Phi) is 4.22. The third-order valence-electron chi connectivity index (χ3n) is 4.43. The summed E-state index contributed by atoms with van der Waals surface area (Å²) in [6, 6.07) is 12.8. The van der Waals surface area contributed by atoms with Crippen LogP contribution in [0.1, 0.15) is 16.2 Å². The zero-order valence-corrected chi connectivity index (χ0v) is 14.3. The van der Waals surface area contributed by atoms with Gasteiger partial charge in [0.1, 0.15) is 18.5 Å². The molecule has 1 aromatic heterocycles. The molecule has 3 aromatic rings. The number of nitrogens with one attached hydrogen (secondary N) is 1. The molecule has 26 heavy (non-hydrogen) atoms. The quantitative estimate of drug-likeness (QED) is 0.732. The van der Waals surface area contributed by atoms with Crippen LogP contribution >= 0.6 is 0 Å². The lowest BCUT2D eigenvalue weighted by molar-refractivity contribution is 0.0169. The number of carbonyl (C=O) groups excluding carboxylic acids is 1. The number of fused-ring (bicyclic) bond motifs is 1. The Morgan fingerprint density at radius 3 is 2.77 bits per heavy atom. The Balaban J connectivity index is 1.41. The molecule has 1 saturated heterocycles. The van der Waals surface area contributed by atoms with E-state index in [2.05, 4.69) is 9.97 Å². The minimum atomic E-state index is -0.161. The van der Waals surface area contributed by atoms with Gasteiger partial charge in [0.2, 0.25) is 0 Å². The van der Waals surface area contributed by atoms with Gasteiger partial charge in [0.25, 0.3) is 5.91 Å². The number of benzene rings is 2. The molecule has 0 radical (unpaired) electrons. The van der Waals surface area contributed by atoms with Gasteiger partial charge in [-0.2, -0.15) is 0 Å². The number of para-hydroxylation sites is 2. The first-order valence-electron chi connectivity index (χ1n) is 8.36. The van der Waals surface area contributed by atoms with Gasteiger partial charge in [-0.3, -0.25) is 4.79 Å². The molecule has 0 atom stereocenters. The maximum atomic E-state index is 12.6. The summed E-state index contributed by atoms with van der Waals surface area (Å²) in [5.74, 6) is 1.80. The number of carbonyl (C=O) groups is 1. The first kappa shape index (κ1) is 16.4. The minimum absolute atomic E-state index is 0.0490. The predicted molar refractivity (Wildman–Crippen MR) is 95.3 cm³/mol. The zero-order valence-electron chi connectivity index (χ0n) is 14.3. The van der Waals surface area contributed by atoms with Crippen molar-refractivity contribution >= 4 is 16.9 Å². The summed E-state index contributed by atoms with van der Waals surface area (Å²) in [4.78, 5) is 21.6. The van der Waals surface area contributed by atoms with E-state index in [-0.39, 0.29) is 18.6 Å². The van der Waals surface area contributed by atoms with Crippen molar-refractivity contribution in [1.29, 1.82) is 0 Å². The molecular formula is C19H19N3O4. The zero-order chi connectivity index (χ0) is 18.1. The highest BCUT2D eigenvalue weighted by molar-refractivity contribution is 5.97. The highest BCUT2D eigenvalue weighted by Crippen LogP contribution is 2.29. The SMILES string of the molecule is COc1ccccc1OC1CN(C(=O)c2ccc3nc(CO)[nH]c3c2)C1. The van der Waals surface area contributed by atoms with Gasteiger partial charge in [-0.05, 0) is 30.3 Å². The number of rotatable bonds is 5. The van der Waals surface area contributed by atoms with Crippen LogP contribution in [-0.2, 0) is 6.61 Å². The van der Waals surface area contributed by atoms with Gasteiger partial charge < -0.3 is 24.5 Å². The summed E-state index contributed by atoms with van der Waals surface area (Å²) in [6.07, 6.45) is -0.0490. The summed E-state index contributed by atoms with van der Waals surface area (Å²) in [6.45, 7) is 0.894. The minimum Gasteiger partial charge on any atom is -0.493 e. The number of H-pyrrole nitrogens is 1. The molecule has 7 heteroatoms. The molecule has 2 heterocycles. The van der Waals surface area contributed by atoms with Crippen molar-refractivity contribution in [1.82, 2.24) is 14.9 Å². The number of methoxy groups -OCH3 is 1. The normalized spacial score (nSPS) is 14.3. The molecule has 0 aliphatic carbocycles. The molecule has 0 saturated carbocycles. The standard InChI is InChI=1S/C19H19N3O4/c1-25-16-4-2-3-5-17(16)26-13-9-22(10-13)19(24)12-6-7-14-15(8-12)21-18(11-23)20-14/h2-8,13,23H,9-11H2,1H3,(H,20,21). The number of hydrogen-bond donors (Lipinski definition) is 2. The number of aliphatic hydroxyl groups excluding tert-OH is 1. The van der Waals surface area contributed by atoms with E-state index in [1.54, 1.807) is 30.2 Å². The average molecular weight is 353 g/mol. The number of amides is 1. The average Bonchev–Trinajstić information content (AvgIpc) is 3.06. The van der Waals surface area contributed by atoms with E-state index in [0.29, 0.717) is 36.0 Å². The largest absolute Gasteiger partial charge is 0.493 e. The number of aromatic nitrogens is 2. The van der Waals surface area contributed by atoms with Gasteiger partial charge in [0, 0.05) is 5.56 Å². The number of aromatic amines is 1. The smallest absolute Gasteiger partial charge is 0.254 e. The lowest BCUT2D eigenvalue weighted by Gasteiger charge is -2.39. The number of hydrogen-bond acceptors (Lipinski definition) is 5. The molecule has 0 bridgehead atoms. The summed E-state index contributed by atoms with van der Waals surface area (Å²) in [7, 11) is 1.60. The van der Waals surface area contributed by atoms with E-state index in [1.165, 1.54) is 0 Å². The van der Waals surface area contributed by atoms with Gasteiger partial charge >= 0.3 is 0 Å². The van der Waals surface area contributed by atoms with E-state index in [9.17, 15) is 4.79 Å². The second kappa shape index (κ2) is 6.68. The van der Waals surface area contributed by atoms with E-state index in [4.69, 9.17) is 14.6 Å². The Labute approximate surface area is 150 Å². The van der Waals surface area contributed by atoms with Crippen LogP contribution in [0.5, 0.6) is 11.5 Å². The summed E-state index contributed by atoms with van der Waals surface area (Å²) >= 11 is 0. The number of likely N-dealkylation sites (tertiary alicyclic amines) is 1. The van der Waals surface area contributed by atoms with Crippen LogP contribution in [0.2, 0.25) is 0 Å². The number of ether oxygens (including phenoxy) is 2. The molecule has 2 aromatic carbocycles. The highest BCUT2D eigenvalue weighted by atomic mass is 16.5. The molecule has 134 valence electrons. The Morgan fingerprint density at radius 2 is 2.04 bits per heavy atom.